The van der Waals surface area contributed by atoms with Crippen molar-refractivity contribution < 1.29 is 14.7 Å². The second-order valence-electron chi connectivity index (χ2n) is 5.06. The molecule has 0 saturated carbocycles. The molecule has 1 aliphatic rings. The third-order valence-corrected chi connectivity index (χ3v) is 3.53. The van der Waals surface area contributed by atoms with Gasteiger partial charge in [-0.25, -0.2) is 0 Å². The van der Waals surface area contributed by atoms with Crippen LogP contribution >= 0.6 is 0 Å². The predicted molar refractivity (Wildman–Crippen MR) is 68.6 cm³/mol. The van der Waals surface area contributed by atoms with Crippen LogP contribution in [0.25, 0.3) is 0 Å². The van der Waals surface area contributed by atoms with Crippen LogP contribution in [0, 0.1) is 19.8 Å². The molecule has 6 heteroatoms. The van der Waals surface area contributed by atoms with Crippen molar-refractivity contribution in [2.75, 3.05) is 13.1 Å². The number of amides is 1. The third kappa shape index (κ3) is 3.13. The second-order valence-corrected chi connectivity index (χ2v) is 5.06. The van der Waals surface area contributed by atoms with Gasteiger partial charge in [0.2, 0.25) is 5.91 Å². The van der Waals surface area contributed by atoms with E-state index in [1.165, 1.54) is 0 Å². The highest BCUT2D eigenvalue weighted by atomic mass is 16.4. The van der Waals surface area contributed by atoms with Crippen LogP contribution in [0.15, 0.2) is 6.07 Å². The van der Waals surface area contributed by atoms with Crippen molar-refractivity contribution in [2.45, 2.75) is 33.2 Å². The van der Waals surface area contributed by atoms with Crippen LogP contribution in [0.4, 0.5) is 0 Å². The van der Waals surface area contributed by atoms with E-state index < -0.39 is 11.9 Å². The maximum absolute atomic E-state index is 12.0. The number of carbonyl (C=O) groups is 2. The summed E-state index contributed by atoms with van der Waals surface area (Å²) in [6.07, 6.45) is 0.926. The van der Waals surface area contributed by atoms with Crippen LogP contribution < -0.4 is 0 Å². The van der Waals surface area contributed by atoms with E-state index in [-0.39, 0.29) is 5.91 Å². The van der Waals surface area contributed by atoms with E-state index in [1.807, 2.05) is 24.6 Å². The van der Waals surface area contributed by atoms with E-state index in [2.05, 4.69) is 5.10 Å². The Balaban J connectivity index is 1.85. The molecule has 1 aliphatic heterocycles. The van der Waals surface area contributed by atoms with Gasteiger partial charge in [0, 0.05) is 31.7 Å². The lowest BCUT2D eigenvalue weighted by Crippen LogP contribution is -2.30. The first-order valence-corrected chi connectivity index (χ1v) is 6.49. The zero-order valence-corrected chi connectivity index (χ0v) is 11.3. The van der Waals surface area contributed by atoms with E-state index >= 15 is 0 Å². The molecule has 0 spiro atoms. The number of rotatable bonds is 4. The van der Waals surface area contributed by atoms with Gasteiger partial charge < -0.3 is 10.0 Å². The lowest BCUT2D eigenvalue weighted by molar-refractivity contribution is -0.141. The maximum atomic E-state index is 12.0. The average molecular weight is 265 g/mol. The first-order valence-electron chi connectivity index (χ1n) is 6.49. The van der Waals surface area contributed by atoms with Crippen LogP contribution in [0.3, 0.4) is 0 Å². The summed E-state index contributed by atoms with van der Waals surface area (Å²) in [5.41, 5.74) is 1.98. The molecule has 0 bridgehead atoms. The van der Waals surface area contributed by atoms with E-state index in [9.17, 15) is 9.59 Å². The van der Waals surface area contributed by atoms with Crippen LogP contribution in [-0.4, -0.2) is 44.8 Å². The van der Waals surface area contributed by atoms with Crippen molar-refractivity contribution in [2.24, 2.45) is 5.92 Å². The van der Waals surface area contributed by atoms with Gasteiger partial charge in [-0.05, 0) is 26.3 Å². The molecule has 2 heterocycles. The van der Waals surface area contributed by atoms with E-state index in [4.69, 9.17) is 5.11 Å². The number of carboxylic acids is 1. The monoisotopic (exact) mass is 265 g/mol. The molecule has 0 radical (unpaired) electrons. The van der Waals surface area contributed by atoms with Crippen molar-refractivity contribution in [3.8, 4) is 0 Å². The standard InChI is InChI=1S/C13H19N3O3/c1-9-7-10(2)16(14-9)6-4-12(17)15-5-3-11(8-15)13(18)19/h7,11H,3-6,8H2,1-2H3,(H,18,19). The molecule has 0 aromatic carbocycles. The topological polar surface area (TPSA) is 75.4 Å². The van der Waals surface area contributed by atoms with Gasteiger partial charge in [0.1, 0.15) is 0 Å². The predicted octanol–water partition coefficient (Wildman–Crippen LogP) is 0.823. The fourth-order valence-electron chi connectivity index (χ4n) is 2.45. The van der Waals surface area contributed by atoms with Gasteiger partial charge in [0.25, 0.3) is 0 Å². The Kier molecular flexibility index (Phi) is 3.87. The molecule has 104 valence electrons. The Morgan fingerprint density at radius 1 is 1.47 bits per heavy atom. The normalized spacial score (nSPS) is 18.8. The molecule has 2 rings (SSSR count). The van der Waals surface area contributed by atoms with Gasteiger partial charge in [-0.2, -0.15) is 5.10 Å². The van der Waals surface area contributed by atoms with Crippen molar-refractivity contribution in [3.63, 3.8) is 0 Å². The Bertz CT molecular complexity index is 495. The number of carboxylic acid groups (broad SMARTS) is 1. The van der Waals surface area contributed by atoms with Gasteiger partial charge in [-0.15, -0.1) is 0 Å². The highest BCUT2D eigenvalue weighted by Gasteiger charge is 2.30. The number of aryl methyl sites for hydroxylation is 3. The summed E-state index contributed by atoms with van der Waals surface area (Å²) in [7, 11) is 0. The van der Waals surface area contributed by atoms with Crippen LogP contribution in [0.2, 0.25) is 0 Å². The van der Waals surface area contributed by atoms with Gasteiger partial charge in [0.15, 0.2) is 0 Å². The van der Waals surface area contributed by atoms with Crippen molar-refractivity contribution in [1.29, 1.82) is 0 Å². The zero-order valence-electron chi connectivity index (χ0n) is 11.3. The minimum Gasteiger partial charge on any atom is -0.481 e. The second kappa shape index (κ2) is 5.42. The Morgan fingerprint density at radius 2 is 2.21 bits per heavy atom. The van der Waals surface area contributed by atoms with Gasteiger partial charge in [0.05, 0.1) is 11.6 Å². The molecular weight excluding hydrogens is 246 g/mol. The number of carbonyl (C=O) groups excluding carboxylic acids is 1. The molecule has 1 saturated heterocycles. The summed E-state index contributed by atoms with van der Waals surface area (Å²) in [5.74, 6) is -1.21. The number of aromatic nitrogens is 2. The van der Waals surface area contributed by atoms with E-state index in [0.717, 1.165) is 11.4 Å². The molecule has 19 heavy (non-hydrogen) atoms. The maximum Gasteiger partial charge on any atom is 0.308 e. The van der Waals surface area contributed by atoms with E-state index in [0.29, 0.717) is 32.5 Å². The largest absolute Gasteiger partial charge is 0.481 e. The van der Waals surface area contributed by atoms with Crippen molar-refractivity contribution in [1.82, 2.24) is 14.7 Å². The number of hydrogen-bond donors (Lipinski definition) is 1. The molecule has 1 atom stereocenters. The minimum atomic E-state index is -0.811. The average Bonchev–Trinajstić information content (AvgIpc) is 2.93. The Labute approximate surface area is 112 Å². The first-order chi connectivity index (χ1) is 8.97. The fraction of sp³-hybridized carbons (Fsp3) is 0.615. The molecule has 1 aromatic rings. The molecule has 6 nitrogen and oxygen atoms in total. The molecule has 1 unspecified atom stereocenters. The lowest BCUT2D eigenvalue weighted by Gasteiger charge is -2.15. The zero-order chi connectivity index (χ0) is 14.0. The quantitative estimate of drug-likeness (QED) is 0.874. The molecule has 1 amide bonds. The molecule has 1 aromatic heterocycles. The summed E-state index contributed by atoms with van der Waals surface area (Å²) >= 11 is 0. The number of likely N-dealkylation sites (tertiary alicyclic amines) is 1. The molecule has 1 N–H and O–H groups in total. The van der Waals surface area contributed by atoms with E-state index in [1.54, 1.807) is 4.90 Å². The van der Waals surface area contributed by atoms with Gasteiger partial charge in [-0.3, -0.25) is 14.3 Å². The van der Waals surface area contributed by atoms with Crippen LogP contribution in [-0.2, 0) is 16.1 Å². The highest BCUT2D eigenvalue weighted by Crippen LogP contribution is 2.17. The third-order valence-electron chi connectivity index (χ3n) is 3.53. The molecule has 1 fully saturated rings. The Morgan fingerprint density at radius 3 is 2.74 bits per heavy atom. The van der Waals surface area contributed by atoms with Crippen LogP contribution in [0.1, 0.15) is 24.2 Å². The molecular formula is C13H19N3O3. The van der Waals surface area contributed by atoms with Gasteiger partial charge in [-0.1, -0.05) is 0 Å². The SMILES string of the molecule is Cc1cc(C)n(CCC(=O)N2CCC(C(=O)O)C2)n1. The van der Waals surface area contributed by atoms with Crippen LogP contribution in [0.5, 0.6) is 0 Å². The summed E-state index contributed by atoms with van der Waals surface area (Å²) in [5, 5.41) is 13.2. The number of hydrogen-bond acceptors (Lipinski definition) is 3. The lowest BCUT2D eigenvalue weighted by atomic mass is 10.1. The minimum absolute atomic E-state index is 0.0105. The number of aliphatic carboxylic acids is 1. The summed E-state index contributed by atoms with van der Waals surface area (Å²) in [4.78, 5) is 24.5. The summed E-state index contributed by atoms with van der Waals surface area (Å²) < 4.78 is 1.82. The van der Waals surface area contributed by atoms with Crippen molar-refractivity contribution in [3.05, 3.63) is 17.5 Å². The summed E-state index contributed by atoms with van der Waals surface area (Å²) in [6.45, 7) is 5.31. The number of nitrogens with zero attached hydrogens (tertiary/aromatic N) is 3. The molecule has 0 aliphatic carbocycles. The van der Waals surface area contributed by atoms with Crippen molar-refractivity contribution >= 4 is 11.9 Å². The fourth-order valence-corrected chi connectivity index (χ4v) is 2.45. The first kappa shape index (κ1) is 13.6. The summed E-state index contributed by atoms with van der Waals surface area (Å²) in [6, 6.07) is 1.97. The Hall–Kier alpha value is -1.85. The van der Waals surface area contributed by atoms with Gasteiger partial charge >= 0.3 is 5.97 Å². The smallest absolute Gasteiger partial charge is 0.308 e. The highest BCUT2D eigenvalue weighted by molar-refractivity contribution is 5.78.